The van der Waals surface area contributed by atoms with Crippen molar-refractivity contribution in [3.63, 3.8) is 0 Å². The lowest BCUT2D eigenvalue weighted by molar-refractivity contribution is -0.0677. The van der Waals surface area contributed by atoms with Gasteiger partial charge in [0.1, 0.15) is 0 Å². The van der Waals surface area contributed by atoms with E-state index >= 15 is 0 Å². The lowest BCUT2D eigenvalue weighted by atomic mass is 9.94. The van der Waals surface area contributed by atoms with Gasteiger partial charge in [0.25, 0.3) is 0 Å². The first-order valence-electron chi connectivity index (χ1n) is 4.68. The summed E-state index contributed by atoms with van der Waals surface area (Å²) in [4.78, 5) is 10.5. The van der Waals surface area contributed by atoms with E-state index in [1.807, 2.05) is 20.8 Å². The Balaban J connectivity index is 2.62. The Bertz CT molecular complexity index is 261. The van der Waals surface area contributed by atoms with Crippen LogP contribution in [0, 0.1) is 0 Å². The third kappa shape index (κ3) is 3.33. The van der Waals surface area contributed by atoms with Crippen LogP contribution < -0.4 is 11.2 Å². The van der Waals surface area contributed by atoms with E-state index in [2.05, 4.69) is 10.5 Å². The van der Waals surface area contributed by atoms with Crippen LogP contribution in [0.1, 0.15) is 33.6 Å². The summed E-state index contributed by atoms with van der Waals surface area (Å²) in [6.45, 7) is 5.99. The lowest BCUT2D eigenvalue weighted by Crippen LogP contribution is -2.40. The van der Waals surface area contributed by atoms with E-state index in [-0.39, 0.29) is 11.7 Å². The van der Waals surface area contributed by atoms with Crippen molar-refractivity contribution in [2.45, 2.75) is 45.3 Å². The molecule has 5 heteroatoms. The van der Waals surface area contributed by atoms with Crippen LogP contribution in [0.15, 0.2) is 5.10 Å². The number of amides is 2. The molecule has 1 atom stereocenters. The largest absolute Gasteiger partial charge is 0.372 e. The molecule has 0 radical (unpaired) electrons. The predicted octanol–water partition coefficient (Wildman–Crippen LogP) is 0.988. The maximum atomic E-state index is 10.5. The van der Waals surface area contributed by atoms with Gasteiger partial charge in [0, 0.05) is 18.6 Å². The van der Waals surface area contributed by atoms with Gasteiger partial charge in [-0.15, -0.1) is 0 Å². The van der Waals surface area contributed by atoms with Gasteiger partial charge in [-0.2, -0.15) is 5.10 Å². The zero-order valence-electron chi connectivity index (χ0n) is 8.83. The Labute approximate surface area is 83.7 Å². The number of carbonyl (C=O) groups excluding carboxylic acids is 1. The van der Waals surface area contributed by atoms with E-state index in [9.17, 15) is 4.79 Å². The molecule has 0 spiro atoms. The minimum absolute atomic E-state index is 0.132. The number of ether oxygens (including phenoxy) is 1. The van der Waals surface area contributed by atoms with Gasteiger partial charge in [-0.1, -0.05) is 0 Å². The molecule has 1 saturated heterocycles. The van der Waals surface area contributed by atoms with Crippen molar-refractivity contribution in [3.05, 3.63) is 0 Å². The average Bonchev–Trinajstić information content (AvgIpc) is 1.96. The summed E-state index contributed by atoms with van der Waals surface area (Å²) in [5, 5.41) is 3.94. The highest BCUT2D eigenvalue weighted by molar-refractivity contribution is 5.87. The average molecular weight is 199 g/mol. The van der Waals surface area contributed by atoms with E-state index in [4.69, 9.17) is 10.5 Å². The molecule has 0 saturated carbocycles. The predicted molar refractivity (Wildman–Crippen MR) is 54.0 cm³/mol. The Morgan fingerprint density at radius 2 is 2.36 bits per heavy atom. The van der Waals surface area contributed by atoms with Crippen molar-refractivity contribution in [2.75, 3.05) is 0 Å². The smallest absolute Gasteiger partial charge is 0.332 e. The van der Waals surface area contributed by atoms with Crippen molar-refractivity contribution < 1.29 is 9.53 Å². The van der Waals surface area contributed by atoms with Crippen LogP contribution in [0.5, 0.6) is 0 Å². The van der Waals surface area contributed by atoms with Gasteiger partial charge < -0.3 is 10.5 Å². The molecule has 14 heavy (non-hydrogen) atoms. The van der Waals surface area contributed by atoms with Gasteiger partial charge in [0.15, 0.2) is 0 Å². The zero-order chi connectivity index (χ0) is 10.8. The van der Waals surface area contributed by atoms with E-state index in [0.717, 1.165) is 18.6 Å². The molecule has 5 nitrogen and oxygen atoms in total. The van der Waals surface area contributed by atoms with Crippen molar-refractivity contribution >= 4 is 11.7 Å². The summed E-state index contributed by atoms with van der Waals surface area (Å²) in [6, 6.07) is -0.630. The number of rotatable bonds is 1. The summed E-state index contributed by atoms with van der Waals surface area (Å²) in [7, 11) is 0. The van der Waals surface area contributed by atoms with E-state index in [1.165, 1.54) is 0 Å². The first-order chi connectivity index (χ1) is 6.39. The number of hydrogen-bond donors (Lipinski definition) is 2. The summed E-state index contributed by atoms with van der Waals surface area (Å²) in [5.41, 5.74) is 7.88. The van der Waals surface area contributed by atoms with Crippen LogP contribution in [-0.2, 0) is 4.74 Å². The fourth-order valence-corrected chi connectivity index (χ4v) is 1.74. The molecule has 0 aromatic carbocycles. The van der Waals surface area contributed by atoms with Gasteiger partial charge in [-0.3, -0.25) is 0 Å². The number of urea groups is 1. The van der Waals surface area contributed by atoms with Crippen molar-refractivity contribution in [1.29, 1.82) is 0 Å². The second-order valence-electron chi connectivity index (χ2n) is 4.22. The highest BCUT2D eigenvalue weighted by Gasteiger charge is 2.30. The fraction of sp³-hybridized carbons (Fsp3) is 0.778. The quantitative estimate of drug-likeness (QED) is 0.618. The minimum atomic E-state index is -0.630. The number of primary amides is 1. The maximum absolute atomic E-state index is 10.5. The number of carbonyl (C=O) groups is 1. The molecule has 1 aliphatic heterocycles. The zero-order valence-corrected chi connectivity index (χ0v) is 8.83. The Kier molecular flexibility index (Phi) is 3.10. The van der Waals surface area contributed by atoms with Crippen LogP contribution in [0.25, 0.3) is 0 Å². The van der Waals surface area contributed by atoms with Crippen LogP contribution in [0.2, 0.25) is 0 Å². The van der Waals surface area contributed by atoms with Gasteiger partial charge in [0.05, 0.1) is 11.7 Å². The molecule has 1 rings (SSSR count). The van der Waals surface area contributed by atoms with E-state index in [0.29, 0.717) is 0 Å². The first kappa shape index (κ1) is 11.0. The molecule has 80 valence electrons. The van der Waals surface area contributed by atoms with Crippen LogP contribution >= 0.6 is 0 Å². The number of hydrogen-bond acceptors (Lipinski definition) is 3. The molecule has 3 N–H and O–H groups in total. The molecule has 0 bridgehead atoms. The van der Waals surface area contributed by atoms with Crippen LogP contribution in [-0.4, -0.2) is 23.4 Å². The van der Waals surface area contributed by atoms with Gasteiger partial charge in [-0.25, -0.2) is 10.2 Å². The second-order valence-corrected chi connectivity index (χ2v) is 4.22. The number of nitrogens with one attached hydrogen (secondary N) is 1. The lowest BCUT2D eigenvalue weighted by Gasteiger charge is -2.35. The van der Waals surface area contributed by atoms with Gasteiger partial charge in [-0.05, 0) is 20.8 Å². The third-order valence-electron chi connectivity index (χ3n) is 2.00. The SMILES string of the molecule is CC1CC(=NNC(N)=O)CC(C)(C)O1. The Morgan fingerprint density at radius 3 is 2.86 bits per heavy atom. The third-order valence-corrected chi connectivity index (χ3v) is 2.00. The molecule has 0 aromatic rings. The molecular formula is C9H17N3O2. The Morgan fingerprint density at radius 1 is 1.71 bits per heavy atom. The summed E-state index contributed by atoms with van der Waals surface area (Å²) >= 11 is 0. The summed E-state index contributed by atoms with van der Waals surface area (Å²) in [6.07, 6.45) is 1.59. The molecule has 1 unspecified atom stereocenters. The molecule has 1 aliphatic rings. The van der Waals surface area contributed by atoms with Crippen molar-refractivity contribution in [3.8, 4) is 0 Å². The molecule has 1 fully saturated rings. The minimum Gasteiger partial charge on any atom is -0.372 e. The van der Waals surface area contributed by atoms with E-state index in [1.54, 1.807) is 0 Å². The van der Waals surface area contributed by atoms with Gasteiger partial charge >= 0.3 is 6.03 Å². The maximum Gasteiger partial charge on any atom is 0.332 e. The number of nitrogens with zero attached hydrogens (tertiary/aromatic N) is 1. The van der Waals surface area contributed by atoms with Crippen molar-refractivity contribution in [2.24, 2.45) is 10.8 Å². The summed E-state index contributed by atoms with van der Waals surface area (Å²) in [5.74, 6) is 0. The fourth-order valence-electron chi connectivity index (χ4n) is 1.74. The normalized spacial score (nSPS) is 28.8. The van der Waals surface area contributed by atoms with Crippen molar-refractivity contribution in [1.82, 2.24) is 5.43 Å². The topological polar surface area (TPSA) is 76.7 Å². The highest BCUT2D eigenvalue weighted by atomic mass is 16.5. The van der Waals surface area contributed by atoms with Crippen LogP contribution in [0.4, 0.5) is 4.79 Å². The monoisotopic (exact) mass is 199 g/mol. The molecule has 0 aliphatic carbocycles. The molecular weight excluding hydrogens is 182 g/mol. The second kappa shape index (κ2) is 3.96. The van der Waals surface area contributed by atoms with Crippen LogP contribution in [0.3, 0.4) is 0 Å². The van der Waals surface area contributed by atoms with E-state index < -0.39 is 6.03 Å². The first-order valence-corrected chi connectivity index (χ1v) is 4.68. The Hall–Kier alpha value is -1.10. The molecule has 1 heterocycles. The summed E-state index contributed by atoms with van der Waals surface area (Å²) < 4.78 is 5.69. The number of nitrogens with two attached hydrogens (primary N) is 1. The van der Waals surface area contributed by atoms with Gasteiger partial charge in [0.2, 0.25) is 0 Å². The standard InChI is InChI=1S/C9H17N3O2/c1-6-4-7(11-12-8(10)13)5-9(2,3)14-6/h6H,4-5H2,1-3H3,(H3,10,12,13). The number of hydrazone groups is 1. The highest BCUT2D eigenvalue weighted by Crippen LogP contribution is 2.25. The molecule has 2 amide bonds. The molecule has 0 aromatic heterocycles.